The third-order valence-electron chi connectivity index (χ3n) is 2.44. The number of fused-ring (bicyclic) bond motifs is 1. The first-order chi connectivity index (χ1) is 5.81. The summed E-state index contributed by atoms with van der Waals surface area (Å²) in [5, 5.41) is 0. The van der Waals surface area contributed by atoms with Gasteiger partial charge in [0.05, 0.1) is 0 Å². The van der Waals surface area contributed by atoms with E-state index in [-0.39, 0.29) is 18.2 Å². The summed E-state index contributed by atoms with van der Waals surface area (Å²) in [5.41, 5.74) is 2.04. The Labute approximate surface area is 84.0 Å². The molecule has 0 amide bonds. The number of nitrogens with zero attached hydrogens (tertiary/aromatic N) is 1. The molecular formula is C10H13ClFN. The van der Waals surface area contributed by atoms with E-state index in [0.29, 0.717) is 0 Å². The van der Waals surface area contributed by atoms with Gasteiger partial charge >= 0.3 is 0 Å². The van der Waals surface area contributed by atoms with Gasteiger partial charge in [0.25, 0.3) is 0 Å². The molecule has 1 aromatic carbocycles. The Kier molecular flexibility index (Phi) is 3.28. The van der Waals surface area contributed by atoms with Gasteiger partial charge in [-0.15, -0.1) is 12.4 Å². The van der Waals surface area contributed by atoms with Gasteiger partial charge in [0.1, 0.15) is 5.82 Å². The summed E-state index contributed by atoms with van der Waals surface area (Å²) < 4.78 is 13.2. The van der Waals surface area contributed by atoms with Crippen molar-refractivity contribution in [3.63, 3.8) is 0 Å². The summed E-state index contributed by atoms with van der Waals surface area (Å²) in [5.74, 6) is -0.0524. The minimum absolute atomic E-state index is 0. The largest absolute Gasteiger partial charge is 0.295 e. The lowest BCUT2D eigenvalue weighted by atomic mass is 10.1. The van der Waals surface area contributed by atoms with Crippen molar-refractivity contribution in [2.24, 2.45) is 0 Å². The Balaban J connectivity index is 0.000000845. The van der Waals surface area contributed by atoms with E-state index >= 15 is 0 Å². The van der Waals surface area contributed by atoms with Crippen LogP contribution in [0.3, 0.4) is 0 Å². The van der Waals surface area contributed by atoms with Crippen molar-refractivity contribution in [2.75, 3.05) is 6.54 Å². The van der Waals surface area contributed by atoms with Crippen LogP contribution in [0.2, 0.25) is 0 Å². The monoisotopic (exact) mass is 201 g/mol. The van der Waals surface area contributed by atoms with Gasteiger partial charge in [-0.05, 0) is 18.2 Å². The van der Waals surface area contributed by atoms with Crippen LogP contribution < -0.4 is 0 Å². The summed E-state index contributed by atoms with van der Waals surface area (Å²) in [6.07, 6.45) is 0. The fraction of sp³-hybridized carbons (Fsp3) is 0.400. The SMILES string of the molecule is CCN1Cc2cccc(F)c2C1.Cl. The van der Waals surface area contributed by atoms with E-state index < -0.39 is 0 Å². The van der Waals surface area contributed by atoms with E-state index in [1.165, 1.54) is 6.07 Å². The predicted octanol–water partition coefficient (Wildman–Crippen LogP) is 2.58. The van der Waals surface area contributed by atoms with E-state index in [4.69, 9.17) is 0 Å². The van der Waals surface area contributed by atoms with Gasteiger partial charge < -0.3 is 0 Å². The average molecular weight is 202 g/mol. The van der Waals surface area contributed by atoms with Crippen molar-refractivity contribution in [1.82, 2.24) is 4.90 Å². The first-order valence-electron chi connectivity index (χ1n) is 4.30. The van der Waals surface area contributed by atoms with E-state index in [1.807, 2.05) is 6.07 Å². The molecule has 72 valence electrons. The quantitative estimate of drug-likeness (QED) is 0.675. The van der Waals surface area contributed by atoms with Crippen LogP contribution in [0.25, 0.3) is 0 Å². The molecule has 0 atom stereocenters. The van der Waals surface area contributed by atoms with E-state index in [1.54, 1.807) is 6.07 Å². The van der Waals surface area contributed by atoms with Crippen LogP contribution in [0.4, 0.5) is 4.39 Å². The lowest BCUT2D eigenvalue weighted by Gasteiger charge is -2.09. The van der Waals surface area contributed by atoms with Crippen molar-refractivity contribution in [3.8, 4) is 0 Å². The van der Waals surface area contributed by atoms with Crippen LogP contribution in [-0.2, 0) is 13.1 Å². The van der Waals surface area contributed by atoms with Gasteiger partial charge in [-0.25, -0.2) is 4.39 Å². The van der Waals surface area contributed by atoms with E-state index in [9.17, 15) is 4.39 Å². The Hall–Kier alpha value is -0.600. The zero-order chi connectivity index (χ0) is 8.55. The second-order valence-corrected chi connectivity index (χ2v) is 3.18. The van der Waals surface area contributed by atoms with Gasteiger partial charge in [0.15, 0.2) is 0 Å². The Bertz CT molecular complexity index is 301. The highest BCUT2D eigenvalue weighted by atomic mass is 35.5. The summed E-state index contributed by atoms with van der Waals surface area (Å²) >= 11 is 0. The number of halogens is 2. The van der Waals surface area contributed by atoms with E-state index in [2.05, 4.69) is 11.8 Å². The normalized spacial score (nSPS) is 15.2. The number of hydrogen-bond acceptors (Lipinski definition) is 1. The summed E-state index contributed by atoms with van der Waals surface area (Å²) in [4.78, 5) is 2.23. The van der Waals surface area contributed by atoms with Crippen LogP contribution in [0.5, 0.6) is 0 Å². The predicted molar refractivity (Wildman–Crippen MR) is 53.4 cm³/mol. The zero-order valence-corrected chi connectivity index (χ0v) is 8.40. The van der Waals surface area contributed by atoms with Crippen molar-refractivity contribution < 1.29 is 4.39 Å². The third kappa shape index (κ3) is 1.84. The standard InChI is InChI=1S/C10H12FN.ClH/c1-2-12-6-8-4-3-5-10(11)9(8)7-12;/h3-5H,2,6-7H2,1H3;1H. The third-order valence-corrected chi connectivity index (χ3v) is 2.44. The smallest absolute Gasteiger partial charge is 0.128 e. The van der Waals surface area contributed by atoms with Crippen LogP contribution >= 0.6 is 12.4 Å². The maximum atomic E-state index is 13.2. The Morgan fingerprint density at radius 3 is 2.77 bits per heavy atom. The minimum Gasteiger partial charge on any atom is -0.295 e. The van der Waals surface area contributed by atoms with Crippen molar-refractivity contribution in [1.29, 1.82) is 0 Å². The molecule has 0 radical (unpaired) electrons. The molecular weight excluding hydrogens is 189 g/mol. The first kappa shape index (κ1) is 10.5. The summed E-state index contributed by atoms with van der Waals surface area (Å²) in [7, 11) is 0. The molecule has 1 heterocycles. The summed E-state index contributed by atoms with van der Waals surface area (Å²) in [6, 6.07) is 5.33. The molecule has 0 spiro atoms. The fourth-order valence-corrected chi connectivity index (χ4v) is 1.67. The van der Waals surface area contributed by atoms with Gasteiger partial charge in [0.2, 0.25) is 0 Å². The average Bonchev–Trinajstić information content (AvgIpc) is 2.49. The topological polar surface area (TPSA) is 3.24 Å². The maximum Gasteiger partial charge on any atom is 0.128 e. The molecule has 1 nitrogen and oxygen atoms in total. The lowest BCUT2D eigenvalue weighted by molar-refractivity contribution is 0.298. The maximum absolute atomic E-state index is 13.2. The zero-order valence-electron chi connectivity index (χ0n) is 7.59. The second kappa shape index (κ2) is 4.07. The summed E-state index contributed by atoms with van der Waals surface area (Å²) in [6.45, 7) is 4.78. The molecule has 1 aliphatic rings. The molecule has 1 aromatic rings. The molecule has 0 saturated heterocycles. The number of rotatable bonds is 1. The Morgan fingerprint density at radius 2 is 2.15 bits per heavy atom. The highest BCUT2D eigenvalue weighted by Crippen LogP contribution is 2.24. The van der Waals surface area contributed by atoms with Crippen molar-refractivity contribution >= 4 is 12.4 Å². The van der Waals surface area contributed by atoms with Crippen molar-refractivity contribution in [2.45, 2.75) is 20.0 Å². The molecule has 0 aromatic heterocycles. The molecule has 2 rings (SSSR count). The molecule has 3 heteroatoms. The van der Waals surface area contributed by atoms with Crippen molar-refractivity contribution in [3.05, 3.63) is 35.1 Å². The van der Waals surface area contributed by atoms with Gasteiger partial charge in [0, 0.05) is 18.7 Å². The van der Waals surface area contributed by atoms with Gasteiger partial charge in [-0.1, -0.05) is 19.1 Å². The highest BCUT2D eigenvalue weighted by molar-refractivity contribution is 5.85. The minimum atomic E-state index is -0.0524. The van der Waals surface area contributed by atoms with Crippen LogP contribution in [0, 0.1) is 5.82 Å². The van der Waals surface area contributed by atoms with Gasteiger partial charge in [-0.2, -0.15) is 0 Å². The first-order valence-corrected chi connectivity index (χ1v) is 4.30. The lowest BCUT2D eigenvalue weighted by Crippen LogP contribution is -2.14. The number of benzene rings is 1. The molecule has 0 bridgehead atoms. The molecule has 0 aliphatic carbocycles. The highest BCUT2D eigenvalue weighted by Gasteiger charge is 2.19. The molecule has 0 N–H and O–H groups in total. The van der Waals surface area contributed by atoms with Crippen LogP contribution in [-0.4, -0.2) is 11.4 Å². The van der Waals surface area contributed by atoms with Crippen LogP contribution in [0.1, 0.15) is 18.1 Å². The number of hydrogen-bond donors (Lipinski definition) is 0. The van der Waals surface area contributed by atoms with Crippen LogP contribution in [0.15, 0.2) is 18.2 Å². The Morgan fingerprint density at radius 1 is 1.38 bits per heavy atom. The van der Waals surface area contributed by atoms with E-state index in [0.717, 1.165) is 30.8 Å². The molecule has 0 fully saturated rings. The molecule has 0 unspecified atom stereocenters. The fourth-order valence-electron chi connectivity index (χ4n) is 1.67. The molecule has 1 aliphatic heterocycles. The second-order valence-electron chi connectivity index (χ2n) is 3.18. The molecule has 0 saturated carbocycles. The van der Waals surface area contributed by atoms with Gasteiger partial charge in [-0.3, -0.25) is 4.90 Å². The molecule has 13 heavy (non-hydrogen) atoms.